The molecule has 1 aromatic carbocycles. The molecule has 4 aliphatic carbocycles. The predicted molar refractivity (Wildman–Crippen MR) is 168 cm³/mol. The molecule has 11 heteroatoms. The van der Waals surface area contributed by atoms with Crippen LogP contribution in [0.4, 0.5) is 0 Å². The van der Waals surface area contributed by atoms with E-state index in [1.165, 1.54) is 14.2 Å². The van der Waals surface area contributed by atoms with Crippen molar-refractivity contribution in [2.24, 2.45) is 40.9 Å². The van der Waals surface area contributed by atoms with E-state index in [0.29, 0.717) is 56.1 Å². The van der Waals surface area contributed by atoms with Crippen LogP contribution in [0.3, 0.4) is 0 Å². The minimum absolute atomic E-state index is 0.125. The highest BCUT2D eigenvalue weighted by Gasteiger charge is 2.85. The first-order valence-electron chi connectivity index (χ1n) is 17.6. The normalized spacial score (nSPS) is 52.9. The molecule has 7 fully saturated rings. The molecular weight excluding hydrogens is 606 g/mol. The van der Waals surface area contributed by atoms with Gasteiger partial charge in [-0.25, -0.2) is 4.79 Å². The maximum Gasteiger partial charge on any atom is 0.338 e. The van der Waals surface area contributed by atoms with Crippen molar-refractivity contribution in [1.82, 2.24) is 4.90 Å². The fourth-order valence-electron chi connectivity index (χ4n) is 12.7. The molecule has 7 aliphatic rings. The van der Waals surface area contributed by atoms with Gasteiger partial charge in [-0.15, -0.1) is 0 Å². The number of ether oxygens (including phenoxy) is 4. The zero-order valence-corrected chi connectivity index (χ0v) is 28.1. The molecule has 0 unspecified atom stereocenters. The van der Waals surface area contributed by atoms with Gasteiger partial charge in [0.05, 0.1) is 37.1 Å². The van der Waals surface area contributed by atoms with Crippen molar-refractivity contribution in [3.63, 3.8) is 0 Å². The largest absolute Gasteiger partial charge is 0.493 e. The van der Waals surface area contributed by atoms with Crippen LogP contribution in [-0.4, -0.2) is 111 Å². The first-order chi connectivity index (χ1) is 22.2. The van der Waals surface area contributed by atoms with Crippen LogP contribution >= 0.6 is 0 Å². The zero-order valence-electron chi connectivity index (χ0n) is 28.1. The number of aliphatic hydroxyl groups excluding tert-OH is 2. The standard InChI is InChI=1S/C36H51NO10/c1-18-6-11-26-33(3,41)28-20(17-37(26)16-18)21-15-34-25(35(21,42)30(39)29(28)38)10-9-24-32(34,2)13-12-27(36(24,43)47-34)46-31(40)19-7-8-22(44-4)23(14-19)45-5/h7-8,14,18,20-21,24-30,38-39,41-43H,6,9-13,15-17H2,1-5H3/t18-,20+,21-,24-,25+,26-,27-,28+,29+,30+,32-,33+,34+,35-,36-/m0/s1. The van der Waals surface area contributed by atoms with E-state index in [1.54, 1.807) is 25.1 Å². The van der Waals surface area contributed by atoms with Gasteiger partial charge >= 0.3 is 5.97 Å². The molecule has 0 aromatic heterocycles. The van der Waals surface area contributed by atoms with E-state index in [1.807, 2.05) is 0 Å². The summed E-state index contributed by atoms with van der Waals surface area (Å²) in [6.07, 6.45) is 0.454. The third-order valence-electron chi connectivity index (χ3n) is 14.7. The molecule has 0 amide bonds. The van der Waals surface area contributed by atoms with Crippen LogP contribution in [0.25, 0.3) is 0 Å². The molecule has 8 rings (SSSR count). The van der Waals surface area contributed by atoms with Crippen molar-refractivity contribution in [2.75, 3.05) is 27.3 Å². The van der Waals surface area contributed by atoms with Gasteiger partial charge in [0.15, 0.2) is 17.6 Å². The van der Waals surface area contributed by atoms with E-state index in [9.17, 15) is 30.3 Å². The highest BCUT2D eigenvalue weighted by molar-refractivity contribution is 5.90. The fraction of sp³-hybridized carbons (Fsp3) is 0.806. The van der Waals surface area contributed by atoms with E-state index in [0.717, 1.165) is 19.4 Å². The van der Waals surface area contributed by atoms with Crippen molar-refractivity contribution in [3.05, 3.63) is 23.8 Å². The molecular formula is C36H51NO10. The molecule has 3 heterocycles. The van der Waals surface area contributed by atoms with Crippen LogP contribution in [0.2, 0.25) is 0 Å². The summed E-state index contributed by atoms with van der Waals surface area (Å²) in [6.45, 7) is 7.60. The number of rotatable bonds is 4. The number of aliphatic hydroxyl groups is 5. The van der Waals surface area contributed by atoms with E-state index in [-0.39, 0.29) is 23.4 Å². The highest BCUT2D eigenvalue weighted by atomic mass is 16.7. The van der Waals surface area contributed by atoms with Gasteiger partial charge in [0.2, 0.25) is 5.79 Å². The lowest BCUT2D eigenvalue weighted by molar-refractivity contribution is -0.290. The zero-order chi connectivity index (χ0) is 33.5. The number of benzene rings is 1. The van der Waals surface area contributed by atoms with Crippen molar-refractivity contribution >= 4 is 5.97 Å². The van der Waals surface area contributed by atoms with Crippen LogP contribution in [0.15, 0.2) is 18.2 Å². The smallest absolute Gasteiger partial charge is 0.338 e. The molecule has 0 radical (unpaired) electrons. The van der Waals surface area contributed by atoms with Crippen molar-refractivity contribution < 1.29 is 49.3 Å². The van der Waals surface area contributed by atoms with Crippen LogP contribution in [0.5, 0.6) is 11.5 Å². The molecule has 4 bridgehead atoms. The first-order valence-corrected chi connectivity index (χ1v) is 17.6. The molecule has 3 aliphatic heterocycles. The lowest BCUT2D eigenvalue weighted by atomic mass is 9.49. The monoisotopic (exact) mass is 657 g/mol. The summed E-state index contributed by atoms with van der Waals surface area (Å²) in [7, 11) is 3.01. The van der Waals surface area contributed by atoms with Gasteiger partial charge in [-0.05, 0) is 87.8 Å². The summed E-state index contributed by atoms with van der Waals surface area (Å²) in [6, 6.07) is 4.65. The first kappa shape index (κ1) is 32.2. The third kappa shape index (κ3) is 3.91. The number of methoxy groups -OCH3 is 2. The lowest BCUT2D eigenvalue weighted by Gasteiger charge is -2.63. The number of hydrogen-bond acceptors (Lipinski definition) is 11. The summed E-state index contributed by atoms with van der Waals surface area (Å²) in [5.74, 6) is -3.32. The summed E-state index contributed by atoms with van der Waals surface area (Å²) >= 11 is 0. The minimum atomic E-state index is -1.79. The maximum atomic E-state index is 13.5. The Kier molecular flexibility index (Phi) is 7.05. The highest BCUT2D eigenvalue weighted by Crippen LogP contribution is 2.77. The van der Waals surface area contributed by atoms with Crippen LogP contribution in [-0.2, 0) is 9.47 Å². The lowest BCUT2D eigenvalue weighted by Crippen LogP contribution is -2.76. The number of piperidine rings is 2. The van der Waals surface area contributed by atoms with Gasteiger partial charge in [-0.2, -0.15) is 0 Å². The molecule has 1 aromatic rings. The molecule has 1 spiro atoms. The Labute approximate surface area is 276 Å². The molecule has 3 saturated heterocycles. The minimum Gasteiger partial charge on any atom is -0.493 e. The number of carbonyl (C=O) groups excluding carboxylic acids is 1. The molecule has 11 nitrogen and oxygen atoms in total. The molecule has 47 heavy (non-hydrogen) atoms. The molecule has 5 N–H and O–H groups in total. The van der Waals surface area contributed by atoms with Gasteiger partial charge < -0.3 is 44.5 Å². The van der Waals surface area contributed by atoms with Crippen LogP contribution in [0, 0.1) is 40.9 Å². The molecule has 260 valence electrons. The van der Waals surface area contributed by atoms with Crippen molar-refractivity contribution in [2.45, 2.75) is 113 Å². The molecule has 4 saturated carbocycles. The number of hydrogen-bond donors (Lipinski definition) is 5. The summed E-state index contributed by atoms with van der Waals surface area (Å²) in [4.78, 5) is 15.8. The number of esters is 1. The maximum absolute atomic E-state index is 13.5. The average molecular weight is 658 g/mol. The second-order valence-corrected chi connectivity index (χ2v) is 16.5. The number of fused-ring (bicyclic) bond motifs is 5. The Bertz CT molecular complexity index is 1450. The van der Waals surface area contributed by atoms with E-state index in [4.69, 9.17) is 18.9 Å². The Morgan fingerprint density at radius 1 is 0.957 bits per heavy atom. The van der Waals surface area contributed by atoms with E-state index >= 15 is 0 Å². The van der Waals surface area contributed by atoms with Crippen LogP contribution in [0.1, 0.15) is 76.1 Å². The third-order valence-corrected chi connectivity index (χ3v) is 14.7. The number of nitrogens with zero attached hydrogens (tertiary/aromatic N) is 1. The summed E-state index contributed by atoms with van der Waals surface area (Å²) in [5.41, 5.74) is -4.24. The summed E-state index contributed by atoms with van der Waals surface area (Å²) < 4.78 is 23.7. The second-order valence-electron chi connectivity index (χ2n) is 16.5. The van der Waals surface area contributed by atoms with Crippen LogP contribution < -0.4 is 9.47 Å². The number of carbonyl (C=O) groups is 1. The van der Waals surface area contributed by atoms with Gasteiger partial charge in [0, 0.05) is 42.3 Å². The van der Waals surface area contributed by atoms with Gasteiger partial charge in [-0.3, -0.25) is 4.90 Å². The quantitative estimate of drug-likeness (QED) is 0.302. The Morgan fingerprint density at radius 3 is 2.40 bits per heavy atom. The second kappa shape index (κ2) is 10.3. The topological polar surface area (TPSA) is 158 Å². The van der Waals surface area contributed by atoms with Gasteiger partial charge in [0.1, 0.15) is 11.7 Å². The Morgan fingerprint density at radius 2 is 1.68 bits per heavy atom. The Hall–Kier alpha value is -1.99. The predicted octanol–water partition coefficient (Wildman–Crippen LogP) is 2.10. The fourth-order valence-corrected chi connectivity index (χ4v) is 12.7. The van der Waals surface area contributed by atoms with Gasteiger partial charge in [-0.1, -0.05) is 13.8 Å². The SMILES string of the molecule is COc1ccc(C(=O)O[C@H]2CC[C@@]3(C)[C@@H]4CC[C@H]5[C@]6(O)[C@H](O)[C@H](O)[C@H]7[C@H](CN8C[C@@H](C)CC[C@H]8[C@@]7(C)O)[C@@H]6C[C@@]53O[C@]24O)cc1OC. The van der Waals surface area contributed by atoms with Gasteiger partial charge in [0.25, 0.3) is 0 Å². The van der Waals surface area contributed by atoms with Crippen molar-refractivity contribution in [3.8, 4) is 11.5 Å². The molecule has 15 atom stereocenters. The van der Waals surface area contributed by atoms with E-state index in [2.05, 4.69) is 18.7 Å². The Balaban J connectivity index is 1.14. The van der Waals surface area contributed by atoms with E-state index < -0.39 is 70.0 Å². The summed E-state index contributed by atoms with van der Waals surface area (Å²) in [5, 5.41) is 61.1. The average Bonchev–Trinajstić information content (AvgIpc) is 3.28. The van der Waals surface area contributed by atoms with Crippen molar-refractivity contribution in [1.29, 1.82) is 0 Å².